The van der Waals surface area contributed by atoms with E-state index in [1.165, 1.54) is 48.9 Å². The molecule has 8 aromatic carbocycles. The predicted octanol–water partition coefficient (Wildman–Crippen LogP) is 12.8. The molecule has 0 fully saturated rings. The molecule has 0 radical (unpaired) electrons. The van der Waals surface area contributed by atoms with Gasteiger partial charge in [-0.25, -0.2) is 9.97 Å². The van der Waals surface area contributed by atoms with Crippen LogP contribution in [0.3, 0.4) is 0 Å². The van der Waals surface area contributed by atoms with Gasteiger partial charge in [-0.15, -0.1) is 0 Å². The molecule has 0 aliphatic carbocycles. The van der Waals surface area contributed by atoms with Gasteiger partial charge in [0.2, 0.25) is 0 Å². The third-order valence-corrected chi connectivity index (χ3v) is 10.7. The molecule has 3 heterocycles. The molecule has 3 aromatic heterocycles. The Morgan fingerprint density at radius 3 is 1.19 bits per heavy atom. The van der Waals surface area contributed by atoms with Crippen molar-refractivity contribution < 1.29 is 0 Å². The van der Waals surface area contributed by atoms with E-state index in [2.05, 4.69) is 191 Å². The lowest BCUT2D eigenvalue weighted by molar-refractivity contribution is 1.15. The van der Waals surface area contributed by atoms with Gasteiger partial charge in [-0.3, -0.25) is 0 Å². The van der Waals surface area contributed by atoms with Crippen molar-refractivity contribution in [3.05, 3.63) is 194 Å². The monoisotopic (exact) mass is 688 g/mol. The maximum absolute atomic E-state index is 5.11. The van der Waals surface area contributed by atoms with Crippen LogP contribution in [0.1, 0.15) is 0 Å². The fourth-order valence-corrected chi connectivity index (χ4v) is 8.36. The maximum atomic E-state index is 5.11. The van der Waals surface area contributed by atoms with Crippen molar-refractivity contribution in [1.82, 2.24) is 19.1 Å². The van der Waals surface area contributed by atoms with Gasteiger partial charge >= 0.3 is 0 Å². The highest BCUT2D eigenvalue weighted by Crippen LogP contribution is 2.46. The highest BCUT2D eigenvalue weighted by molar-refractivity contribution is 6.36. The number of fused-ring (bicyclic) bond motifs is 10. The second-order valence-corrected chi connectivity index (χ2v) is 13.8. The Kier molecular flexibility index (Phi) is 6.82. The van der Waals surface area contributed by atoms with E-state index in [0.29, 0.717) is 5.82 Å². The Balaban J connectivity index is 1.20. The van der Waals surface area contributed by atoms with E-state index in [-0.39, 0.29) is 0 Å². The quantitative estimate of drug-likeness (QED) is 0.180. The minimum absolute atomic E-state index is 0.696. The molecule has 252 valence electrons. The van der Waals surface area contributed by atoms with Crippen LogP contribution in [-0.2, 0) is 0 Å². The Morgan fingerprint density at radius 1 is 0.315 bits per heavy atom. The Bertz CT molecular complexity index is 3120. The zero-order valence-electron chi connectivity index (χ0n) is 29.3. The lowest BCUT2D eigenvalue weighted by Gasteiger charge is -2.14. The van der Waals surface area contributed by atoms with Crippen molar-refractivity contribution in [2.45, 2.75) is 0 Å². The molecule has 0 amide bonds. The van der Waals surface area contributed by atoms with Gasteiger partial charge in [-0.2, -0.15) is 0 Å². The molecule has 4 nitrogen and oxygen atoms in total. The molecule has 0 atom stereocenters. The minimum Gasteiger partial charge on any atom is -0.307 e. The van der Waals surface area contributed by atoms with Gasteiger partial charge in [-0.05, 0) is 65.4 Å². The predicted molar refractivity (Wildman–Crippen MR) is 225 cm³/mol. The number of rotatable bonds is 5. The van der Waals surface area contributed by atoms with Crippen molar-refractivity contribution >= 4 is 54.4 Å². The second-order valence-electron chi connectivity index (χ2n) is 13.8. The van der Waals surface area contributed by atoms with E-state index in [9.17, 15) is 0 Å². The first kappa shape index (κ1) is 30.3. The van der Waals surface area contributed by atoms with E-state index >= 15 is 0 Å². The van der Waals surface area contributed by atoms with Crippen LogP contribution in [-0.4, -0.2) is 19.1 Å². The van der Waals surface area contributed by atoms with Crippen molar-refractivity contribution in [1.29, 1.82) is 0 Å². The van der Waals surface area contributed by atoms with Crippen molar-refractivity contribution in [3.63, 3.8) is 0 Å². The van der Waals surface area contributed by atoms with Crippen LogP contribution in [0.5, 0.6) is 0 Å². The summed E-state index contributed by atoms with van der Waals surface area (Å²) in [5.41, 5.74) is 11.8. The molecule has 0 aliphatic heterocycles. The summed E-state index contributed by atoms with van der Waals surface area (Å²) < 4.78 is 4.91. The van der Waals surface area contributed by atoms with Gasteiger partial charge in [0.15, 0.2) is 5.82 Å². The van der Waals surface area contributed by atoms with E-state index in [1.807, 2.05) is 12.1 Å². The van der Waals surface area contributed by atoms with Gasteiger partial charge < -0.3 is 9.13 Å². The van der Waals surface area contributed by atoms with Crippen LogP contribution >= 0.6 is 0 Å². The lowest BCUT2D eigenvalue weighted by Crippen LogP contribution is -1.99. The zero-order valence-corrected chi connectivity index (χ0v) is 29.3. The molecule has 0 bridgehead atoms. The number of hydrogen-bond donors (Lipinski definition) is 0. The van der Waals surface area contributed by atoms with Gasteiger partial charge in [0.05, 0.1) is 33.5 Å². The molecule has 54 heavy (non-hydrogen) atoms. The summed E-state index contributed by atoms with van der Waals surface area (Å²) in [4.78, 5) is 10.2. The fourth-order valence-electron chi connectivity index (χ4n) is 8.36. The summed E-state index contributed by atoms with van der Waals surface area (Å²) in [5.74, 6) is 0.696. The van der Waals surface area contributed by atoms with Crippen molar-refractivity contribution in [2.24, 2.45) is 0 Å². The number of benzene rings is 8. The molecule has 0 spiro atoms. The van der Waals surface area contributed by atoms with Gasteiger partial charge in [0, 0.05) is 49.6 Å². The minimum atomic E-state index is 0.696. The summed E-state index contributed by atoms with van der Waals surface area (Å²) in [7, 11) is 0. The largest absolute Gasteiger partial charge is 0.307 e. The Labute approximate surface area is 311 Å². The lowest BCUT2D eigenvalue weighted by atomic mass is 9.98. The topological polar surface area (TPSA) is 35.6 Å². The van der Waals surface area contributed by atoms with Crippen molar-refractivity contribution in [3.8, 4) is 45.3 Å². The Morgan fingerprint density at radius 2 is 0.704 bits per heavy atom. The summed E-state index contributed by atoms with van der Waals surface area (Å²) in [5, 5.41) is 7.50. The summed E-state index contributed by atoms with van der Waals surface area (Å²) >= 11 is 0. The first-order valence-corrected chi connectivity index (χ1v) is 18.3. The molecule has 0 saturated carbocycles. The van der Waals surface area contributed by atoms with Crippen LogP contribution in [0.4, 0.5) is 0 Å². The summed E-state index contributed by atoms with van der Waals surface area (Å²) in [6.07, 6.45) is 0. The molecule has 11 rings (SSSR count). The maximum Gasteiger partial charge on any atom is 0.160 e. The summed E-state index contributed by atoms with van der Waals surface area (Å²) in [6.45, 7) is 0. The van der Waals surface area contributed by atoms with E-state index in [0.717, 1.165) is 45.0 Å². The SMILES string of the molecule is c1ccc(-c2cc(-c3ccccc3)nc(-c3ccc(-n4c5ccccc5c5c6ccccc6c6c7ccccc7n(-c7ccccc7)c6c54)cc3)n2)cc1. The molecular weight excluding hydrogens is 657 g/mol. The van der Waals surface area contributed by atoms with E-state index in [1.54, 1.807) is 0 Å². The third kappa shape index (κ3) is 4.64. The molecule has 0 N–H and O–H groups in total. The zero-order chi connectivity index (χ0) is 35.6. The number of aromatic nitrogens is 4. The normalized spacial score (nSPS) is 11.7. The highest BCUT2D eigenvalue weighted by Gasteiger charge is 2.24. The number of hydrogen-bond acceptors (Lipinski definition) is 2. The highest BCUT2D eigenvalue weighted by atomic mass is 15.0. The second kappa shape index (κ2) is 12.1. The molecule has 0 aliphatic rings. The van der Waals surface area contributed by atoms with E-state index in [4.69, 9.17) is 9.97 Å². The smallest absolute Gasteiger partial charge is 0.160 e. The molecule has 0 unspecified atom stereocenters. The van der Waals surface area contributed by atoms with Gasteiger partial charge in [0.25, 0.3) is 0 Å². The molecule has 4 heteroatoms. The molecule has 11 aromatic rings. The fraction of sp³-hybridized carbons (Fsp3) is 0. The van der Waals surface area contributed by atoms with Gasteiger partial charge in [-0.1, -0.05) is 140 Å². The number of para-hydroxylation sites is 3. The molecular formula is C50H32N4. The number of nitrogens with zero attached hydrogens (tertiary/aromatic N) is 4. The van der Waals surface area contributed by atoms with Crippen LogP contribution in [0.15, 0.2) is 194 Å². The standard InChI is InChI=1S/C50H32N4/c1-4-16-33(17-5-1)42-32-43(34-18-6-2-7-19-34)52-50(51-42)35-28-30-37(31-29-35)54-45-27-15-13-25-41(45)47-39-23-11-10-22-38(39)46-40-24-12-14-26-44(40)53(48(46)49(47)54)36-20-8-3-9-21-36/h1-32H. The third-order valence-electron chi connectivity index (χ3n) is 10.7. The van der Waals surface area contributed by atoms with Crippen LogP contribution in [0, 0.1) is 0 Å². The average Bonchev–Trinajstić information content (AvgIpc) is 3.79. The first-order valence-electron chi connectivity index (χ1n) is 18.3. The first-order chi connectivity index (χ1) is 26.8. The van der Waals surface area contributed by atoms with Crippen LogP contribution in [0.2, 0.25) is 0 Å². The summed E-state index contributed by atoms with van der Waals surface area (Å²) in [6, 6.07) is 68.8. The average molecular weight is 689 g/mol. The molecule has 0 saturated heterocycles. The van der Waals surface area contributed by atoms with Crippen LogP contribution in [0.25, 0.3) is 99.7 Å². The van der Waals surface area contributed by atoms with Gasteiger partial charge in [0.1, 0.15) is 0 Å². The van der Waals surface area contributed by atoms with E-state index < -0.39 is 0 Å². The van der Waals surface area contributed by atoms with Crippen molar-refractivity contribution in [2.75, 3.05) is 0 Å². The van der Waals surface area contributed by atoms with Crippen LogP contribution < -0.4 is 0 Å². The Hall–Kier alpha value is -7.30.